The van der Waals surface area contributed by atoms with Crippen LogP contribution in [0.1, 0.15) is 64.7 Å². The SMILES string of the molecule is CC(CC1CCCCC1)CN1CCCC(N(C)CC(=O)O)CC1. The van der Waals surface area contributed by atoms with Gasteiger partial charge in [0.1, 0.15) is 0 Å². The number of carboxylic acids is 1. The van der Waals surface area contributed by atoms with Crippen LogP contribution in [0.5, 0.6) is 0 Å². The third-order valence-corrected chi connectivity index (χ3v) is 5.83. The third-order valence-electron chi connectivity index (χ3n) is 5.83. The average molecular weight is 325 g/mol. The Hall–Kier alpha value is -0.610. The fraction of sp³-hybridized carbons (Fsp3) is 0.947. The summed E-state index contributed by atoms with van der Waals surface area (Å²) in [4.78, 5) is 15.5. The van der Waals surface area contributed by atoms with Crippen LogP contribution in [0.25, 0.3) is 0 Å². The highest BCUT2D eigenvalue weighted by atomic mass is 16.4. The van der Waals surface area contributed by atoms with E-state index in [0.29, 0.717) is 6.04 Å². The molecule has 0 aromatic rings. The Morgan fingerprint density at radius 3 is 2.57 bits per heavy atom. The molecule has 0 amide bonds. The van der Waals surface area contributed by atoms with E-state index in [1.807, 2.05) is 11.9 Å². The third kappa shape index (κ3) is 6.80. The summed E-state index contributed by atoms with van der Waals surface area (Å²) in [5.41, 5.74) is 0. The quantitative estimate of drug-likeness (QED) is 0.779. The van der Waals surface area contributed by atoms with Gasteiger partial charge in [-0.15, -0.1) is 0 Å². The molecule has 0 spiro atoms. The van der Waals surface area contributed by atoms with Gasteiger partial charge in [0.25, 0.3) is 0 Å². The lowest BCUT2D eigenvalue weighted by Crippen LogP contribution is -2.37. The minimum Gasteiger partial charge on any atom is -0.480 e. The highest BCUT2D eigenvalue weighted by molar-refractivity contribution is 5.69. The smallest absolute Gasteiger partial charge is 0.317 e. The van der Waals surface area contributed by atoms with Gasteiger partial charge in [-0.3, -0.25) is 9.69 Å². The summed E-state index contributed by atoms with van der Waals surface area (Å²) in [5, 5.41) is 8.96. The van der Waals surface area contributed by atoms with E-state index in [1.54, 1.807) is 0 Å². The lowest BCUT2D eigenvalue weighted by molar-refractivity contribution is -0.138. The highest BCUT2D eigenvalue weighted by Crippen LogP contribution is 2.29. The molecular weight excluding hydrogens is 288 g/mol. The number of hydrogen-bond acceptors (Lipinski definition) is 3. The standard InChI is InChI=1S/C19H36N2O2/c1-16(13-17-7-4-3-5-8-17)14-21-11-6-9-18(10-12-21)20(2)15-19(22)23/h16-18H,3-15H2,1-2H3,(H,22,23). The van der Waals surface area contributed by atoms with Gasteiger partial charge in [-0.1, -0.05) is 39.0 Å². The molecule has 2 aliphatic rings. The number of nitrogens with zero attached hydrogens (tertiary/aromatic N) is 2. The molecule has 1 saturated heterocycles. The average Bonchev–Trinajstić information content (AvgIpc) is 2.73. The summed E-state index contributed by atoms with van der Waals surface area (Å²) in [6, 6.07) is 0.435. The van der Waals surface area contributed by atoms with Crippen molar-refractivity contribution in [2.24, 2.45) is 11.8 Å². The fourth-order valence-electron chi connectivity index (χ4n) is 4.61. The predicted octanol–water partition coefficient (Wildman–Crippen LogP) is 3.46. The van der Waals surface area contributed by atoms with Gasteiger partial charge >= 0.3 is 5.97 Å². The maximum atomic E-state index is 10.9. The van der Waals surface area contributed by atoms with Gasteiger partial charge in [0.15, 0.2) is 0 Å². The summed E-state index contributed by atoms with van der Waals surface area (Å²) in [6.07, 6.45) is 12.1. The van der Waals surface area contributed by atoms with Crippen molar-refractivity contribution < 1.29 is 9.90 Å². The van der Waals surface area contributed by atoms with Crippen LogP contribution in [0.15, 0.2) is 0 Å². The minimum absolute atomic E-state index is 0.169. The largest absolute Gasteiger partial charge is 0.480 e. The summed E-state index contributed by atoms with van der Waals surface area (Å²) < 4.78 is 0. The number of likely N-dealkylation sites (N-methyl/N-ethyl adjacent to an activating group) is 1. The number of aliphatic carboxylic acids is 1. The van der Waals surface area contributed by atoms with Crippen LogP contribution >= 0.6 is 0 Å². The van der Waals surface area contributed by atoms with E-state index in [0.717, 1.165) is 31.2 Å². The second-order valence-corrected chi connectivity index (χ2v) is 8.04. The summed E-state index contributed by atoms with van der Waals surface area (Å²) in [7, 11) is 1.96. The Labute approximate surface area is 142 Å². The van der Waals surface area contributed by atoms with Crippen molar-refractivity contribution in [3.63, 3.8) is 0 Å². The van der Waals surface area contributed by atoms with Crippen molar-refractivity contribution in [3.05, 3.63) is 0 Å². The molecule has 134 valence electrons. The van der Waals surface area contributed by atoms with Crippen LogP contribution in [0, 0.1) is 11.8 Å². The lowest BCUT2D eigenvalue weighted by atomic mass is 9.83. The normalized spacial score (nSPS) is 26.1. The number of hydrogen-bond donors (Lipinski definition) is 1. The van der Waals surface area contributed by atoms with Crippen LogP contribution < -0.4 is 0 Å². The first-order valence-corrected chi connectivity index (χ1v) is 9.69. The number of likely N-dealkylation sites (tertiary alicyclic amines) is 1. The molecule has 2 fully saturated rings. The first kappa shape index (κ1) is 18.7. The summed E-state index contributed by atoms with van der Waals surface area (Å²) in [5.74, 6) is 1.06. The Bertz CT molecular complexity index is 355. The van der Waals surface area contributed by atoms with E-state index in [1.165, 1.54) is 58.0 Å². The van der Waals surface area contributed by atoms with E-state index in [4.69, 9.17) is 5.11 Å². The van der Waals surface area contributed by atoms with Gasteiger partial charge in [0.2, 0.25) is 0 Å². The van der Waals surface area contributed by atoms with Crippen LogP contribution in [0.4, 0.5) is 0 Å². The maximum Gasteiger partial charge on any atom is 0.317 e. The Balaban J connectivity index is 1.71. The van der Waals surface area contributed by atoms with Crippen molar-refractivity contribution in [2.45, 2.75) is 70.8 Å². The van der Waals surface area contributed by atoms with E-state index >= 15 is 0 Å². The number of carboxylic acid groups (broad SMARTS) is 1. The summed E-state index contributed by atoms with van der Waals surface area (Å²) in [6.45, 7) is 6.14. The highest BCUT2D eigenvalue weighted by Gasteiger charge is 2.23. The maximum absolute atomic E-state index is 10.9. The topological polar surface area (TPSA) is 43.8 Å². The van der Waals surface area contributed by atoms with Crippen LogP contribution in [0.2, 0.25) is 0 Å². The fourth-order valence-corrected chi connectivity index (χ4v) is 4.61. The molecule has 1 N–H and O–H groups in total. The molecule has 1 aliphatic heterocycles. The van der Waals surface area contributed by atoms with Gasteiger partial charge in [0.05, 0.1) is 6.54 Å². The van der Waals surface area contributed by atoms with Crippen LogP contribution in [-0.2, 0) is 4.79 Å². The zero-order valence-electron chi connectivity index (χ0n) is 15.2. The van der Waals surface area contributed by atoms with E-state index in [-0.39, 0.29) is 6.54 Å². The van der Waals surface area contributed by atoms with Gasteiger partial charge in [-0.05, 0) is 57.7 Å². The number of rotatable bonds is 7. The first-order valence-electron chi connectivity index (χ1n) is 9.69. The van der Waals surface area contributed by atoms with Gasteiger partial charge in [0, 0.05) is 12.6 Å². The zero-order valence-corrected chi connectivity index (χ0v) is 15.2. The molecule has 2 unspecified atom stereocenters. The molecule has 0 bridgehead atoms. The molecule has 23 heavy (non-hydrogen) atoms. The monoisotopic (exact) mass is 324 g/mol. The zero-order chi connectivity index (χ0) is 16.7. The lowest BCUT2D eigenvalue weighted by Gasteiger charge is -2.29. The van der Waals surface area contributed by atoms with Crippen molar-refractivity contribution in [1.82, 2.24) is 9.80 Å². The molecule has 1 saturated carbocycles. The molecule has 1 aliphatic carbocycles. The van der Waals surface area contributed by atoms with Crippen molar-refractivity contribution in [2.75, 3.05) is 33.2 Å². The molecular formula is C19H36N2O2. The van der Waals surface area contributed by atoms with Crippen LogP contribution in [0.3, 0.4) is 0 Å². The predicted molar refractivity (Wildman–Crippen MR) is 94.7 cm³/mol. The van der Waals surface area contributed by atoms with Crippen molar-refractivity contribution >= 4 is 5.97 Å². The Morgan fingerprint density at radius 2 is 1.87 bits per heavy atom. The van der Waals surface area contributed by atoms with Gasteiger partial charge in [-0.2, -0.15) is 0 Å². The second-order valence-electron chi connectivity index (χ2n) is 8.04. The minimum atomic E-state index is -0.713. The molecule has 1 heterocycles. The second kappa shape index (κ2) is 9.63. The van der Waals surface area contributed by atoms with Crippen LogP contribution in [-0.4, -0.2) is 60.1 Å². The van der Waals surface area contributed by atoms with Crippen molar-refractivity contribution in [1.29, 1.82) is 0 Å². The molecule has 0 aromatic heterocycles. The molecule has 4 heteroatoms. The van der Waals surface area contributed by atoms with Gasteiger partial charge in [-0.25, -0.2) is 0 Å². The number of carbonyl (C=O) groups is 1. The van der Waals surface area contributed by atoms with E-state index in [9.17, 15) is 4.79 Å². The van der Waals surface area contributed by atoms with Gasteiger partial charge < -0.3 is 10.0 Å². The summed E-state index contributed by atoms with van der Waals surface area (Å²) >= 11 is 0. The first-order chi connectivity index (χ1) is 11.0. The molecule has 4 nitrogen and oxygen atoms in total. The molecule has 2 atom stereocenters. The molecule has 2 rings (SSSR count). The Morgan fingerprint density at radius 1 is 1.13 bits per heavy atom. The van der Waals surface area contributed by atoms with Crippen molar-refractivity contribution in [3.8, 4) is 0 Å². The Kier molecular flexibility index (Phi) is 7.84. The molecule has 0 aromatic carbocycles. The van der Waals surface area contributed by atoms with E-state index < -0.39 is 5.97 Å². The van der Waals surface area contributed by atoms with E-state index in [2.05, 4.69) is 11.8 Å². The molecule has 0 radical (unpaired) electrons.